The predicted octanol–water partition coefficient (Wildman–Crippen LogP) is 8.93. The second-order valence-corrected chi connectivity index (χ2v) is 8.56. The Hall–Kier alpha value is -0.790. The Kier molecular flexibility index (Phi) is 21.9. The van der Waals surface area contributed by atoms with Gasteiger partial charge >= 0.3 is 5.97 Å². The van der Waals surface area contributed by atoms with Gasteiger partial charge in [0.05, 0.1) is 7.11 Å². The van der Waals surface area contributed by atoms with Gasteiger partial charge in [-0.1, -0.05) is 135 Å². The second kappa shape index (κ2) is 22.5. The zero-order valence-electron chi connectivity index (χ0n) is 19.4. The lowest BCUT2D eigenvalue weighted by Crippen LogP contribution is -2.03. The van der Waals surface area contributed by atoms with Crippen LogP contribution in [0.1, 0.15) is 142 Å². The van der Waals surface area contributed by atoms with Crippen LogP contribution >= 0.6 is 0 Å². The summed E-state index contributed by atoms with van der Waals surface area (Å²) in [5, 5.41) is 0. The molecule has 0 bridgehead atoms. The molecule has 0 aromatic heterocycles. The molecule has 0 saturated carbocycles. The molecule has 0 unspecified atom stereocenters. The molecule has 0 fully saturated rings. The number of hydrogen-bond donors (Lipinski definition) is 0. The van der Waals surface area contributed by atoms with Gasteiger partial charge in [-0.3, -0.25) is 0 Å². The minimum absolute atomic E-state index is 0.252. The molecule has 0 radical (unpaired) electrons. The molecule has 0 rings (SSSR count). The van der Waals surface area contributed by atoms with E-state index in [9.17, 15) is 4.79 Å². The standard InChI is InChI=1S/C26H50O2/c1-4-5-6-7-8-9-10-11-12-13-14-15-16-17-18-19-20-21-22-23-24-25(2)26(27)28-3/h2,4-24H2,1,3H3. The first-order valence-electron chi connectivity index (χ1n) is 12.5. The lowest BCUT2D eigenvalue weighted by Gasteiger charge is -2.05. The van der Waals surface area contributed by atoms with E-state index < -0.39 is 0 Å². The third-order valence-corrected chi connectivity index (χ3v) is 5.81. The number of hydrogen-bond acceptors (Lipinski definition) is 2. The van der Waals surface area contributed by atoms with Crippen molar-refractivity contribution >= 4 is 5.97 Å². The number of carbonyl (C=O) groups is 1. The van der Waals surface area contributed by atoms with Crippen LogP contribution in [0.3, 0.4) is 0 Å². The van der Waals surface area contributed by atoms with Crippen molar-refractivity contribution in [2.45, 2.75) is 142 Å². The van der Waals surface area contributed by atoms with E-state index in [-0.39, 0.29) is 5.97 Å². The number of esters is 1. The van der Waals surface area contributed by atoms with Gasteiger partial charge in [-0.25, -0.2) is 4.79 Å². The van der Waals surface area contributed by atoms with E-state index in [0.717, 1.165) is 12.8 Å². The molecule has 0 saturated heterocycles. The Morgan fingerprint density at radius 1 is 0.571 bits per heavy atom. The van der Waals surface area contributed by atoms with Crippen molar-refractivity contribution in [1.82, 2.24) is 0 Å². The maximum absolute atomic E-state index is 11.2. The first-order valence-corrected chi connectivity index (χ1v) is 12.5. The Bertz CT molecular complexity index is 348. The van der Waals surface area contributed by atoms with Crippen LogP contribution < -0.4 is 0 Å². The highest BCUT2D eigenvalue weighted by Crippen LogP contribution is 2.15. The first-order chi connectivity index (χ1) is 13.7. The van der Waals surface area contributed by atoms with Crippen molar-refractivity contribution in [1.29, 1.82) is 0 Å². The SMILES string of the molecule is C=C(CCCCCCCCCCCCCCCCCCCCCC)C(=O)OC. The lowest BCUT2D eigenvalue weighted by atomic mass is 10.0. The van der Waals surface area contributed by atoms with E-state index >= 15 is 0 Å². The van der Waals surface area contributed by atoms with Crippen molar-refractivity contribution < 1.29 is 9.53 Å². The molecular weight excluding hydrogens is 344 g/mol. The lowest BCUT2D eigenvalue weighted by molar-refractivity contribution is -0.136. The molecule has 0 N–H and O–H groups in total. The summed E-state index contributed by atoms with van der Waals surface area (Å²) in [7, 11) is 1.42. The summed E-state index contributed by atoms with van der Waals surface area (Å²) in [5.41, 5.74) is 0.616. The highest BCUT2D eigenvalue weighted by molar-refractivity contribution is 5.87. The molecule has 166 valence electrons. The Morgan fingerprint density at radius 3 is 1.14 bits per heavy atom. The minimum atomic E-state index is -0.252. The van der Waals surface area contributed by atoms with Crippen LogP contribution in [0.2, 0.25) is 0 Å². The van der Waals surface area contributed by atoms with Gasteiger partial charge in [0.25, 0.3) is 0 Å². The quantitative estimate of drug-likeness (QED) is 0.104. The highest BCUT2D eigenvalue weighted by atomic mass is 16.5. The van der Waals surface area contributed by atoms with E-state index in [2.05, 4.69) is 18.2 Å². The number of methoxy groups -OCH3 is 1. The van der Waals surface area contributed by atoms with Crippen molar-refractivity contribution in [2.24, 2.45) is 0 Å². The molecule has 0 spiro atoms. The van der Waals surface area contributed by atoms with Gasteiger partial charge in [0.15, 0.2) is 0 Å². The average Bonchev–Trinajstić information content (AvgIpc) is 2.71. The van der Waals surface area contributed by atoms with E-state index in [0.29, 0.717) is 5.57 Å². The van der Waals surface area contributed by atoms with Gasteiger partial charge in [0.2, 0.25) is 0 Å². The number of rotatable bonds is 22. The predicted molar refractivity (Wildman–Crippen MR) is 124 cm³/mol. The summed E-state index contributed by atoms with van der Waals surface area (Å²) < 4.78 is 4.67. The van der Waals surface area contributed by atoms with Crippen LogP contribution in [0.4, 0.5) is 0 Å². The normalized spacial score (nSPS) is 10.9. The van der Waals surface area contributed by atoms with Crippen LogP contribution in [0.15, 0.2) is 12.2 Å². The van der Waals surface area contributed by atoms with Gasteiger partial charge in [0.1, 0.15) is 0 Å². The maximum atomic E-state index is 11.2. The Morgan fingerprint density at radius 2 is 0.857 bits per heavy atom. The summed E-state index contributed by atoms with van der Waals surface area (Å²) in [6.45, 7) is 6.06. The highest BCUT2D eigenvalue weighted by Gasteiger charge is 2.05. The molecule has 0 amide bonds. The van der Waals surface area contributed by atoms with Crippen LogP contribution in [0.25, 0.3) is 0 Å². The average molecular weight is 395 g/mol. The van der Waals surface area contributed by atoms with Gasteiger partial charge in [-0.2, -0.15) is 0 Å². The third kappa shape index (κ3) is 20.0. The summed E-state index contributed by atoms with van der Waals surface area (Å²) in [6, 6.07) is 0. The van der Waals surface area contributed by atoms with Crippen LogP contribution in [0, 0.1) is 0 Å². The fraction of sp³-hybridized carbons (Fsp3) is 0.885. The molecule has 2 nitrogen and oxygen atoms in total. The monoisotopic (exact) mass is 394 g/mol. The van der Waals surface area contributed by atoms with Crippen molar-refractivity contribution in [2.75, 3.05) is 7.11 Å². The molecule has 0 aromatic rings. The molecule has 0 aliphatic heterocycles. The van der Waals surface area contributed by atoms with E-state index in [1.807, 2.05) is 0 Å². The van der Waals surface area contributed by atoms with Crippen molar-refractivity contribution in [3.8, 4) is 0 Å². The smallest absolute Gasteiger partial charge is 0.333 e. The van der Waals surface area contributed by atoms with Crippen molar-refractivity contribution in [3.63, 3.8) is 0 Å². The Labute approximate surface area is 176 Å². The molecule has 0 atom stereocenters. The van der Waals surface area contributed by atoms with E-state index in [1.165, 1.54) is 129 Å². The third-order valence-electron chi connectivity index (χ3n) is 5.81. The van der Waals surface area contributed by atoms with Gasteiger partial charge < -0.3 is 4.74 Å². The molecule has 0 heterocycles. The zero-order chi connectivity index (χ0) is 20.7. The topological polar surface area (TPSA) is 26.3 Å². The summed E-state index contributed by atoms with van der Waals surface area (Å²) in [4.78, 5) is 11.2. The second-order valence-electron chi connectivity index (χ2n) is 8.56. The summed E-state index contributed by atoms with van der Waals surface area (Å²) in [5.74, 6) is -0.252. The largest absolute Gasteiger partial charge is 0.466 e. The molecule has 0 aliphatic rings. The molecule has 0 aromatic carbocycles. The minimum Gasteiger partial charge on any atom is -0.466 e. The number of unbranched alkanes of at least 4 members (excludes halogenated alkanes) is 19. The summed E-state index contributed by atoms with van der Waals surface area (Å²) in [6.07, 6.45) is 28.6. The van der Waals surface area contributed by atoms with Gasteiger partial charge in [0, 0.05) is 5.57 Å². The fourth-order valence-corrected chi connectivity index (χ4v) is 3.84. The number of ether oxygens (including phenoxy) is 1. The van der Waals surface area contributed by atoms with Gasteiger partial charge in [-0.05, 0) is 12.8 Å². The van der Waals surface area contributed by atoms with Crippen molar-refractivity contribution in [3.05, 3.63) is 12.2 Å². The maximum Gasteiger partial charge on any atom is 0.333 e. The van der Waals surface area contributed by atoms with E-state index in [4.69, 9.17) is 0 Å². The zero-order valence-corrected chi connectivity index (χ0v) is 19.4. The van der Waals surface area contributed by atoms with E-state index in [1.54, 1.807) is 0 Å². The van der Waals surface area contributed by atoms with Crippen LogP contribution in [-0.2, 0) is 9.53 Å². The van der Waals surface area contributed by atoms with Gasteiger partial charge in [-0.15, -0.1) is 0 Å². The first kappa shape index (κ1) is 27.2. The molecule has 2 heteroatoms. The summed E-state index contributed by atoms with van der Waals surface area (Å²) >= 11 is 0. The molecular formula is C26H50O2. The Balaban J connectivity index is 3.09. The fourth-order valence-electron chi connectivity index (χ4n) is 3.84. The van der Waals surface area contributed by atoms with Crippen LogP contribution in [-0.4, -0.2) is 13.1 Å². The number of carbonyl (C=O) groups excluding carboxylic acids is 1. The van der Waals surface area contributed by atoms with Crippen LogP contribution in [0.5, 0.6) is 0 Å². The molecule has 28 heavy (non-hydrogen) atoms. The molecule has 0 aliphatic carbocycles.